The molecule has 0 saturated heterocycles. The minimum Gasteiger partial charge on any atom is -0.481 e. The van der Waals surface area contributed by atoms with Gasteiger partial charge < -0.3 is 9.84 Å². The second-order valence-electron chi connectivity index (χ2n) is 4.80. The van der Waals surface area contributed by atoms with Gasteiger partial charge in [-0.1, -0.05) is 18.2 Å². The molecule has 1 N–H and O–H groups in total. The van der Waals surface area contributed by atoms with Crippen LogP contribution in [0.15, 0.2) is 18.2 Å². The van der Waals surface area contributed by atoms with Gasteiger partial charge in [0.1, 0.15) is 5.82 Å². The van der Waals surface area contributed by atoms with Gasteiger partial charge in [0, 0.05) is 18.6 Å². The number of aliphatic carboxylic acids is 1. The van der Waals surface area contributed by atoms with Gasteiger partial charge in [-0.15, -0.1) is 0 Å². The topological polar surface area (TPSA) is 46.5 Å². The third-order valence-corrected chi connectivity index (χ3v) is 3.39. The number of carboxylic acid groups (broad SMARTS) is 1. The maximum Gasteiger partial charge on any atom is 0.303 e. The summed E-state index contributed by atoms with van der Waals surface area (Å²) >= 11 is 0. The quantitative estimate of drug-likeness (QED) is 0.846. The average Bonchev–Trinajstić information content (AvgIpc) is 3.13. The smallest absolute Gasteiger partial charge is 0.303 e. The molecule has 0 spiro atoms. The molecule has 1 unspecified atom stereocenters. The van der Waals surface area contributed by atoms with Crippen molar-refractivity contribution in [2.45, 2.75) is 31.8 Å². The minimum absolute atomic E-state index is 0.00196. The predicted octanol–water partition coefficient (Wildman–Crippen LogP) is 2.94. The molecule has 0 aromatic heterocycles. The van der Waals surface area contributed by atoms with Crippen LogP contribution in [0.25, 0.3) is 0 Å². The first-order valence-corrected chi connectivity index (χ1v) is 6.11. The van der Waals surface area contributed by atoms with Gasteiger partial charge in [-0.05, 0) is 24.3 Å². The number of methoxy groups -OCH3 is 1. The van der Waals surface area contributed by atoms with Crippen molar-refractivity contribution in [3.05, 3.63) is 35.1 Å². The SMILES string of the molecule is COCc1cccc(C(CC(=O)O)C2CC2)c1F. The zero-order valence-corrected chi connectivity index (χ0v) is 10.4. The van der Waals surface area contributed by atoms with Crippen molar-refractivity contribution in [3.8, 4) is 0 Å². The zero-order chi connectivity index (χ0) is 13.1. The molecule has 0 bridgehead atoms. The first-order chi connectivity index (χ1) is 8.63. The maximum absolute atomic E-state index is 14.3. The molecule has 0 radical (unpaired) electrons. The minimum atomic E-state index is -0.872. The summed E-state index contributed by atoms with van der Waals surface area (Å²) in [7, 11) is 1.52. The summed E-state index contributed by atoms with van der Waals surface area (Å²) in [5, 5.41) is 8.94. The number of ether oxygens (including phenoxy) is 1. The summed E-state index contributed by atoms with van der Waals surface area (Å²) in [6.45, 7) is 0.212. The van der Waals surface area contributed by atoms with E-state index in [1.165, 1.54) is 7.11 Å². The largest absolute Gasteiger partial charge is 0.481 e. The lowest BCUT2D eigenvalue weighted by atomic mass is 9.89. The van der Waals surface area contributed by atoms with E-state index in [1.54, 1.807) is 18.2 Å². The van der Waals surface area contributed by atoms with E-state index in [2.05, 4.69) is 0 Å². The summed E-state index contributed by atoms with van der Waals surface area (Å²) in [4.78, 5) is 10.9. The molecule has 1 aliphatic rings. The Hall–Kier alpha value is -1.42. The van der Waals surface area contributed by atoms with Crippen LogP contribution < -0.4 is 0 Å². The van der Waals surface area contributed by atoms with Crippen molar-refractivity contribution in [2.75, 3.05) is 7.11 Å². The van der Waals surface area contributed by atoms with E-state index in [0.29, 0.717) is 17.0 Å². The van der Waals surface area contributed by atoms with Crippen molar-refractivity contribution in [3.63, 3.8) is 0 Å². The van der Waals surface area contributed by atoms with E-state index in [9.17, 15) is 9.18 Å². The van der Waals surface area contributed by atoms with Crippen molar-refractivity contribution < 1.29 is 19.0 Å². The summed E-state index contributed by atoms with van der Waals surface area (Å²) in [5.74, 6) is -1.08. The van der Waals surface area contributed by atoms with Crippen LogP contribution in [0.1, 0.15) is 36.3 Å². The Morgan fingerprint density at radius 3 is 2.83 bits per heavy atom. The average molecular weight is 252 g/mol. The number of halogens is 1. The van der Waals surface area contributed by atoms with E-state index >= 15 is 0 Å². The Morgan fingerprint density at radius 2 is 2.28 bits per heavy atom. The molecule has 3 nitrogen and oxygen atoms in total. The van der Waals surface area contributed by atoms with Crippen LogP contribution in [0.5, 0.6) is 0 Å². The predicted molar refractivity (Wildman–Crippen MR) is 64.8 cm³/mol. The van der Waals surface area contributed by atoms with Crippen LogP contribution in [0.2, 0.25) is 0 Å². The van der Waals surface area contributed by atoms with Crippen molar-refractivity contribution in [1.29, 1.82) is 0 Å². The Bertz CT molecular complexity index is 441. The summed E-state index contributed by atoms with van der Waals surface area (Å²) in [6, 6.07) is 5.14. The molecule has 1 aromatic carbocycles. The van der Waals surface area contributed by atoms with Gasteiger partial charge in [0.15, 0.2) is 0 Å². The van der Waals surface area contributed by atoms with Crippen LogP contribution in [0.3, 0.4) is 0 Å². The second kappa shape index (κ2) is 5.48. The number of rotatable bonds is 6. The van der Waals surface area contributed by atoms with Gasteiger partial charge in [-0.2, -0.15) is 0 Å². The molecule has 98 valence electrons. The fourth-order valence-corrected chi connectivity index (χ4v) is 2.37. The normalized spacial score (nSPS) is 16.6. The highest BCUT2D eigenvalue weighted by Gasteiger charge is 2.35. The van der Waals surface area contributed by atoms with Crippen LogP contribution in [0.4, 0.5) is 4.39 Å². The molecule has 2 rings (SSSR count). The zero-order valence-electron chi connectivity index (χ0n) is 10.4. The molecule has 1 fully saturated rings. The highest BCUT2D eigenvalue weighted by Crippen LogP contribution is 2.45. The van der Waals surface area contributed by atoms with Gasteiger partial charge in [-0.3, -0.25) is 4.79 Å². The van der Waals surface area contributed by atoms with Gasteiger partial charge >= 0.3 is 5.97 Å². The molecule has 0 aliphatic heterocycles. The molecule has 1 saturated carbocycles. The Balaban J connectivity index is 2.29. The highest BCUT2D eigenvalue weighted by atomic mass is 19.1. The molecule has 4 heteroatoms. The highest BCUT2D eigenvalue weighted by molar-refractivity contribution is 5.68. The number of carbonyl (C=O) groups is 1. The Morgan fingerprint density at radius 1 is 1.56 bits per heavy atom. The fourth-order valence-electron chi connectivity index (χ4n) is 2.37. The van der Waals surface area contributed by atoms with E-state index in [1.807, 2.05) is 0 Å². The van der Waals surface area contributed by atoms with Gasteiger partial charge in [0.2, 0.25) is 0 Å². The number of carboxylic acids is 1. The molecular formula is C14H17FO3. The molecule has 1 aliphatic carbocycles. The monoisotopic (exact) mass is 252 g/mol. The summed E-state index contributed by atoms with van der Waals surface area (Å²) < 4.78 is 19.2. The van der Waals surface area contributed by atoms with Crippen LogP contribution in [0, 0.1) is 11.7 Å². The standard InChI is InChI=1S/C14H17FO3/c1-18-8-10-3-2-4-11(14(10)15)12(7-13(16)17)9-5-6-9/h2-4,9,12H,5-8H2,1H3,(H,16,17). The lowest BCUT2D eigenvalue weighted by Gasteiger charge is -2.17. The maximum atomic E-state index is 14.3. The van der Waals surface area contributed by atoms with E-state index in [0.717, 1.165) is 12.8 Å². The Kier molecular flexibility index (Phi) is 3.97. The van der Waals surface area contributed by atoms with Crippen molar-refractivity contribution in [2.24, 2.45) is 5.92 Å². The molecular weight excluding hydrogens is 235 g/mol. The molecule has 1 atom stereocenters. The Labute approximate surface area is 106 Å². The number of benzene rings is 1. The van der Waals surface area contributed by atoms with E-state index < -0.39 is 5.97 Å². The summed E-state index contributed by atoms with van der Waals surface area (Å²) in [5.41, 5.74) is 1.01. The van der Waals surface area contributed by atoms with Gasteiger partial charge in [-0.25, -0.2) is 4.39 Å². The molecule has 18 heavy (non-hydrogen) atoms. The second-order valence-corrected chi connectivity index (χ2v) is 4.80. The third kappa shape index (κ3) is 2.88. The third-order valence-electron chi connectivity index (χ3n) is 3.39. The molecule has 0 heterocycles. The van der Waals surface area contributed by atoms with Crippen molar-refractivity contribution in [1.82, 2.24) is 0 Å². The number of hydrogen-bond donors (Lipinski definition) is 1. The number of hydrogen-bond acceptors (Lipinski definition) is 2. The van der Waals surface area contributed by atoms with Crippen LogP contribution >= 0.6 is 0 Å². The van der Waals surface area contributed by atoms with Gasteiger partial charge in [0.05, 0.1) is 13.0 Å². The molecule has 1 aromatic rings. The molecule has 0 amide bonds. The first-order valence-electron chi connectivity index (χ1n) is 6.11. The lowest BCUT2D eigenvalue weighted by Crippen LogP contribution is -2.11. The lowest BCUT2D eigenvalue weighted by molar-refractivity contribution is -0.137. The fraction of sp³-hybridized carbons (Fsp3) is 0.500. The van der Waals surface area contributed by atoms with E-state index in [-0.39, 0.29) is 24.8 Å². The van der Waals surface area contributed by atoms with Gasteiger partial charge in [0.25, 0.3) is 0 Å². The van der Waals surface area contributed by atoms with Crippen molar-refractivity contribution >= 4 is 5.97 Å². The van der Waals surface area contributed by atoms with Crippen LogP contribution in [-0.2, 0) is 16.1 Å². The first kappa shape index (κ1) is 13.0. The van der Waals surface area contributed by atoms with Crippen LogP contribution in [-0.4, -0.2) is 18.2 Å². The van der Waals surface area contributed by atoms with E-state index in [4.69, 9.17) is 9.84 Å². The summed E-state index contributed by atoms with van der Waals surface area (Å²) in [6.07, 6.45) is 1.98.